The molecule has 0 bridgehead atoms. The van der Waals surface area contributed by atoms with Crippen LogP contribution in [0.5, 0.6) is 5.88 Å². The van der Waals surface area contributed by atoms with Gasteiger partial charge in [-0.15, -0.1) is 0 Å². The third kappa shape index (κ3) is 5.15. The maximum absolute atomic E-state index is 14.6. The Balaban J connectivity index is 2.12. The molecule has 1 aromatic carbocycles. The van der Waals surface area contributed by atoms with E-state index in [0.717, 1.165) is 6.07 Å². The molecule has 3 aromatic rings. The molecule has 178 valence electrons. The Bertz CT molecular complexity index is 1270. The van der Waals surface area contributed by atoms with Crippen molar-refractivity contribution in [2.75, 3.05) is 25.5 Å². The third-order valence-corrected chi connectivity index (χ3v) is 6.22. The molecule has 9 nitrogen and oxygen atoms in total. The summed E-state index contributed by atoms with van der Waals surface area (Å²) < 4.78 is 73.7. The maximum Gasteiger partial charge on any atom is 0.266 e. The molecule has 0 saturated heterocycles. The molecule has 3 rings (SSSR count). The second-order valence-electron chi connectivity index (χ2n) is 7.09. The number of halogens is 3. The number of hydrogen-bond acceptors (Lipinski definition) is 8. The number of sulfonamides is 1. The number of hydrogen-bond donors (Lipinski definition) is 3. The molecule has 0 fully saturated rings. The van der Waals surface area contributed by atoms with Crippen molar-refractivity contribution in [2.24, 2.45) is 5.73 Å². The van der Waals surface area contributed by atoms with Crippen LogP contribution in [0.4, 0.5) is 19.0 Å². The normalized spacial score (nSPS) is 12.8. The lowest BCUT2D eigenvalue weighted by Gasteiger charge is -2.19. The van der Waals surface area contributed by atoms with Crippen molar-refractivity contribution >= 4 is 26.9 Å². The standard InChI is InChI=1S/C20H23F3N6O3S/c1-10(12-5-4-6-13(16(12)21)17(22)23)26-18-14-9-15(33(30,31)25-8-7-24)20(32-3)29-19(14)28-11(2)27-18/h4-6,9-10,17,25H,7-8,24H2,1-3H3,(H,26,27,28,29)/t10-/m1/s1. The van der Waals surface area contributed by atoms with Gasteiger partial charge in [0.15, 0.2) is 5.65 Å². The van der Waals surface area contributed by atoms with Crippen molar-refractivity contribution in [2.45, 2.75) is 31.2 Å². The summed E-state index contributed by atoms with van der Waals surface area (Å²) in [6.07, 6.45) is -2.97. The molecular weight excluding hydrogens is 461 g/mol. The van der Waals surface area contributed by atoms with Gasteiger partial charge in [0.25, 0.3) is 6.43 Å². The van der Waals surface area contributed by atoms with E-state index in [4.69, 9.17) is 10.5 Å². The van der Waals surface area contributed by atoms with Gasteiger partial charge in [0.1, 0.15) is 22.4 Å². The number of ether oxygens (including phenoxy) is 1. The fraction of sp³-hybridized carbons (Fsp3) is 0.350. The zero-order valence-electron chi connectivity index (χ0n) is 18.1. The average Bonchev–Trinajstić information content (AvgIpc) is 2.76. The van der Waals surface area contributed by atoms with Crippen molar-refractivity contribution in [3.63, 3.8) is 0 Å². The first-order valence-corrected chi connectivity index (χ1v) is 11.3. The first kappa shape index (κ1) is 24.6. The molecule has 0 amide bonds. The molecular formula is C20H23F3N6O3S. The van der Waals surface area contributed by atoms with Gasteiger partial charge in [-0.25, -0.2) is 36.3 Å². The van der Waals surface area contributed by atoms with E-state index in [-0.39, 0.29) is 46.3 Å². The van der Waals surface area contributed by atoms with Gasteiger partial charge in [-0.1, -0.05) is 18.2 Å². The predicted molar refractivity (Wildman–Crippen MR) is 116 cm³/mol. The summed E-state index contributed by atoms with van der Waals surface area (Å²) in [7, 11) is -2.76. The van der Waals surface area contributed by atoms with Crippen LogP contribution in [0, 0.1) is 12.7 Å². The molecule has 0 radical (unpaired) electrons. The number of rotatable bonds is 9. The SMILES string of the molecule is COc1nc2nc(C)nc(N[C@H](C)c3cccc(C(F)F)c3F)c2cc1S(=O)(=O)NCCN. The molecule has 13 heteroatoms. The molecule has 0 aliphatic rings. The molecule has 33 heavy (non-hydrogen) atoms. The van der Waals surface area contributed by atoms with Gasteiger partial charge in [0.05, 0.1) is 24.1 Å². The van der Waals surface area contributed by atoms with Gasteiger partial charge in [0.2, 0.25) is 15.9 Å². The summed E-state index contributed by atoms with van der Waals surface area (Å²) in [5.74, 6) is -0.765. The molecule has 0 aliphatic heterocycles. The number of alkyl halides is 2. The Kier molecular flexibility index (Phi) is 7.34. The number of aromatic nitrogens is 3. The van der Waals surface area contributed by atoms with Crippen LogP contribution in [-0.2, 0) is 10.0 Å². The van der Waals surface area contributed by atoms with Crippen LogP contribution < -0.4 is 20.5 Å². The van der Waals surface area contributed by atoms with Crippen LogP contribution in [0.15, 0.2) is 29.2 Å². The summed E-state index contributed by atoms with van der Waals surface area (Å²) in [5.41, 5.74) is 4.80. The summed E-state index contributed by atoms with van der Waals surface area (Å²) in [6, 6.07) is 4.21. The molecule has 0 saturated carbocycles. The highest BCUT2D eigenvalue weighted by Gasteiger charge is 2.25. The van der Waals surface area contributed by atoms with E-state index in [9.17, 15) is 21.6 Å². The molecule has 2 heterocycles. The van der Waals surface area contributed by atoms with Crippen molar-refractivity contribution in [1.82, 2.24) is 19.7 Å². The zero-order chi connectivity index (χ0) is 24.3. The highest BCUT2D eigenvalue weighted by molar-refractivity contribution is 7.89. The lowest BCUT2D eigenvalue weighted by molar-refractivity contribution is 0.146. The van der Waals surface area contributed by atoms with Gasteiger partial charge in [-0.3, -0.25) is 0 Å². The Hall–Kier alpha value is -3.03. The average molecular weight is 485 g/mol. The van der Waals surface area contributed by atoms with E-state index in [1.807, 2.05) is 0 Å². The Morgan fingerprint density at radius 2 is 1.88 bits per heavy atom. The topological polar surface area (TPSA) is 132 Å². The number of pyridine rings is 1. The van der Waals surface area contributed by atoms with Crippen molar-refractivity contribution in [1.29, 1.82) is 0 Å². The number of fused-ring (bicyclic) bond motifs is 1. The number of nitrogens with one attached hydrogen (secondary N) is 2. The van der Waals surface area contributed by atoms with Gasteiger partial charge in [-0.2, -0.15) is 4.98 Å². The third-order valence-electron chi connectivity index (χ3n) is 4.76. The fourth-order valence-corrected chi connectivity index (χ4v) is 4.38. The highest BCUT2D eigenvalue weighted by Crippen LogP contribution is 2.32. The van der Waals surface area contributed by atoms with E-state index in [0.29, 0.717) is 5.82 Å². The number of nitrogens with two attached hydrogens (primary N) is 1. The molecule has 0 aliphatic carbocycles. The van der Waals surface area contributed by atoms with E-state index in [1.165, 1.54) is 25.3 Å². The number of aryl methyl sites for hydroxylation is 1. The molecule has 2 aromatic heterocycles. The second-order valence-corrected chi connectivity index (χ2v) is 8.83. The predicted octanol–water partition coefficient (Wildman–Crippen LogP) is 2.83. The molecule has 0 unspecified atom stereocenters. The number of benzene rings is 1. The van der Waals surface area contributed by atoms with E-state index >= 15 is 0 Å². The molecule has 4 N–H and O–H groups in total. The van der Waals surface area contributed by atoms with Crippen molar-refractivity contribution in [3.8, 4) is 5.88 Å². The van der Waals surface area contributed by atoms with Crippen molar-refractivity contribution in [3.05, 3.63) is 47.0 Å². The Morgan fingerprint density at radius 1 is 1.18 bits per heavy atom. The van der Waals surface area contributed by atoms with Gasteiger partial charge >= 0.3 is 0 Å². The smallest absolute Gasteiger partial charge is 0.266 e. The lowest BCUT2D eigenvalue weighted by atomic mass is 10.0. The number of anilines is 1. The monoisotopic (exact) mass is 484 g/mol. The number of nitrogens with zero attached hydrogens (tertiary/aromatic N) is 3. The summed E-state index contributed by atoms with van der Waals surface area (Å²) in [5, 5.41) is 3.17. The minimum atomic E-state index is -4.03. The van der Waals surface area contributed by atoms with Gasteiger partial charge < -0.3 is 15.8 Å². The van der Waals surface area contributed by atoms with E-state index < -0.39 is 33.9 Å². The van der Waals surface area contributed by atoms with Gasteiger partial charge in [0, 0.05) is 18.7 Å². The van der Waals surface area contributed by atoms with Crippen LogP contribution in [0.2, 0.25) is 0 Å². The minimum absolute atomic E-state index is 0.00357. The van der Waals surface area contributed by atoms with Gasteiger partial charge in [-0.05, 0) is 19.9 Å². The quantitative estimate of drug-likeness (QED) is 0.422. The van der Waals surface area contributed by atoms with Crippen LogP contribution >= 0.6 is 0 Å². The Morgan fingerprint density at radius 3 is 2.52 bits per heavy atom. The van der Waals surface area contributed by atoms with E-state index in [1.54, 1.807) is 13.8 Å². The van der Waals surface area contributed by atoms with E-state index in [2.05, 4.69) is 25.0 Å². The summed E-state index contributed by atoms with van der Waals surface area (Å²) in [4.78, 5) is 12.4. The van der Waals surface area contributed by atoms with Crippen LogP contribution in [0.1, 0.15) is 36.3 Å². The highest BCUT2D eigenvalue weighted by atomic mass is 32.2. The maximum atomic E-state index is 14.6. The second kappa shape index (κ2) is 9.85. The first-order chi connectivity index (χ1) is 15.6. The fourth-order valence-electron chi connectivity index (χ4n) is 3.20. The minimum Gasteiger partial charge on any atom is -0.480 e. The van der Waals surface area contributed by atoms with Crippen molar-refractivity contribution < 1.29 is 26.3 Å². The van der Waals surface area contributed by atoms with Crippen LogP contribution in [0.25, 0.3) is 11.0 Å². The summed E-state index contributed by atoms with van der Waals surface area (Å²) in [6.45, 7) is 3.23. The largest absolute Gasteiger partial charge is 0.480 e. The first-order valence-electron chi connectivity index (χ1n) is 9.85. The zero-order valence-corrected chi connectivity index (χ0v) is 18.9. The summed E-state index contributed by atoms with van der Waals surface area (Å²) >= 11 is 0. The molecule has 1 atom stereocenters. The molecule has 0 spiro atoms. The number of methoxy groups -OCH3 is 1. The van der Waals surface area contributed by atoms with Crippen LogP contribution in [-0.4, -0.2) is 43.6 Å². The Labute approximate surface area is 188 Å². The lowest BCUT2D eigenvalue weighted by Crippen LogP contribution is -2.29. The van der Waals surface area contributed by atoms with Crippen LogP contribution in [0.3, 0.4) is 0 Å².